The molecule has 8 nitrogen and oxygen atoms in total. The maximum absolute atomic E-state index is 12.5. The molecule has 9 heteroatoms. The van der Waals surface area contributed by atoms with Gasteiger partial charge in [0.25, 0.3) is 5.56 Å². The Morgan fingerprint density at radius 2 is 2.38 bits per heavy atom. The standard InChI is InChI=1S/C15H20N4O4S/c1-3-5-7-6-9(8(20)4-2)23-13(7)19-11-10(24-15(19)22)12(21)18-14(16)17-11/h3,7-9,13,20H,1,4-6H2,2H3,(H3,16,17,18,21)/t7-,8?,9?,13?/m1/s1. The van der Waals surface area contributed by atoms with Crippen molar-refractivity contribution >= 4 is 27.6 Å². The average Bonchev–Trinajstić information content (AvgIpc) is 3.08. The van der Waals surface area contributed by atoms with Crippen molar-refractivity contribution in [1.29, 1.82) is 0 Å². The Kier molecular flexibility index (Phi) is 4.57. The number of hydrogen-bond donors (Lipinski definition) is 3. The molecule has 2 aromatic rings. The minimum atomic E-state index is -0.607. The summed E-state index contributed by atoms with van der Waals surface area (Å²) in [4.78, 5) is 30.6. The first-order valence-electron chi connectivity index (χ1n) is 7.81. The number of ether oxygens (including phenoxy) is 1. The summed E-state index contributed by atoms with van der Waals surface area (Å²) in [5.74, 6) is -0.0889. The van der Waals surface area contributed by atoms with E-state index in [1.807, 2.05) is 6.92 Å². The van der Waals surface area contributed by atoms with Crippen LogP contribution in [0.5, 0.6) is 0 Å². The summed E-state index contributed by atoms with van der Waals surface area (Å²) in [6.45, 7) is 5.62. The summed E-state index contributed by atoms with van der Waals surface area (Å²) in [5.41, 5.74) is 5.39. The molecule has 1 aliphatic heterocycles. The van der Waals surface area contributed by atoms with E-state index in [4.69, 9.17) is 10.5 Å². The second kappa shape index (κ2) is 6.50. The summed E-state index contributed by atoms with van der Waals surface area (Å²) < 4.78 is 7.57. The Morgan fingerprint density at radius 1 is 1.62 bits per heavy atom. The third kappa shape index (κ3) is 2.79. The predicted molar refractivity (Wildman–Crippen MR) is 92.0 cm³/mol. The van der Waals surface area contributed by atoms with Gasteiger partial charge in [-0.05, 0) is 19.3 Å². The molecule has 1 fully saturated rings. The predicted octanol–water partition coefficient (Wildman–Crippen LogP) is 0.979. The van der Waals surface area contributed by atoms with Crippen LogP contribution in [0.4, 0.5) is 5.95 Å². The number of aliphatic hydroxyl groups excluding tert-OH is 1. The van der Waals surface area contributed by atoms with Crippen LogP contribution in [0.15, 0.2) is 22.2 Å². The van der Waals surface area contributed by atoms with Crippen molar-refractivity contribution in [2.75, 3.05) is 5.73 Å². The Balaban J connectivity index is 2.11. The lowest BCUT2D eigenvalue weighted by atomic mass is 9.96. The zero-order valence-electron chi connectivity index (χ0n) is 13.3. The minimum Gasteiger partial charge on any atom is -0.390 e. The zero-order chi connectivity index (χ0) is 17.4. The number of aromatic nitrogens is 3. The lowest BCUT2D eigenvalue weighted by molar-refractivity contribution is -0.0652. The third-order valence-electron chi connectivity index (χ3n) is 4.32. The van der Waals surface area contributed by atoms with Gasteiger partial charge in [-0.2, -0.15) is 4.98 Å². The van der Waals surface area contributed by atoms with Crippen LogP contribution in [0, 0.1) is 5.92 Å². The normalized spacial score (nSPS) is 25.2. The molecule has 1 saturated heterocycles. The Hall–Kier alpha value is -1.97. The molecular weight excluding hydrogens is 332 g/mol. The molecule has 0 aromatic carbocycles. The number of hydrogen-bond acceptors (Lipinski definition) is 7. The van der Waals surface area contributed by atoms with E-state index in [1.165, 1.54) is 4.57 Å². The SMILES string of the molecule is C=CC[C@@H]1CC(C(O)CC)OC1n1c(=O)sc2c(=O)[nH]c(N)nc21. The van der Waals surface area contributed by atoms with E-state index in [0.717, 1.165) is 11.3 Å². The first kappa shape index (κ1) is 16.9. The number of nitrogens with one attached hydrogen (secondary N) is 1. The Bertz CT molecular complexity index is 870. The highest BCUT2D eigenvalue weighted by molar-refractivity contribution is 7.16. The van der Waals surface area contributed by atoms with E-state index in [0.29, 0.717) is 19.3 Å². The minimum absolute atomic E-state index is 0.0356. The second-order valence-corrected chi connectivity index (χ2v) is 6.86. The van der Waals surface area contributed by atoms with Crippen LogP contribution in [0.25, 0.3) is 10.3 Å². The molecule has 4 atom stereocenters. The van der Waals surface area contributed by atoms with Gasteiger partial charge in [0.15, 0.2) is 5.65 Å². The van der Waals surface area contributed by atoms with Crippen molar-refractivity contribution in [2.45, 2.75) is 44.6 Å². The topological polar surface area (TPSA) is 123 Å². The van der Waals surface area contributed by atoms with Crippen LogP contribution < -0.4 is 16.2 Å². The molecule has 1 aliphatic rings. The highest BCUT2D eigenvalue weighted by atomic mass is 32.1. The quantitative estimate of drug-likeness (QED) is 0.689. The number of rotatable bonds is 5. The van der Waals surface area contributed by atoms with Gasteiger partial charge in [-0.1, -0.05) is 24.3 Å². The first-order chi connectivity index (χ1) is 11.5. The third-order valence-corrected chi connectivity index (χ3v) is 5.26. The highest BCUT2D eigenvalue weighted by Gasteiger charge is 2.40. The average molecular weight is 352 g/mol. The molecule has 0 spiro atoms. The summed E-state index contributed by atoms with van der Waals surface area (Å²) in [7, 11) is 0. The molecule has 0 amide bonds. The van der Waals surface area contributed by atoms with Crippen LogP contribution >= 0.6 is 11.3 Å². The molecule has 0 bridgehead atoms. The lowest BCUT2D eigenvalue weighted by Gasteiger charge is -2.20. The molecule has 3 unspecified atom stereocenters. The number of H-pyrrole nitrogens is 1. The van der Waals surface area contributed by atoms with Crippen molar-refractivity contribution in [2.24, 2.45) is 5.92 Å². The van der Waals surface area contributed by atoms with Crippen LogP contribution in [0.3, 0.4) is 0 Å². The van der Waals surface area contributed by atoms with E-state index in [-0.39, 0.29) is 33.2 Å². The van der Waals surface area contributed by atoms with Gasteiger partial charge < -0.3 is 15.6 Å². The number of anilines is 1. The molecule has 4 N–H and O–H groups in total. The number of allylic oxidation sites excluding steroid dienone is 1. The van der Waals surface area contributed by atoms with E-state index >= 15 is 0 Å². The summed E-state index contributed by atoms with van der Waals surface area (Å²) in [5, 5.41) is 10.1. The summed E-state index contributed by atoms with van der Waals surface area (Å²) in [6, 6.07) is 0. The lowest BCUT2D eigenvalue weighted by Crippen LogP contribution is -2.27. The number of fused-ring (bicyclic) bond motifs is 1. The fourth-order valence-corrected chi connectivity index (χ4v) is 3.98. The van der Waals surface area contributed by atoms with E-state index in [1.54, 1.807) is 6.08 Å². The Labute approximate surface area is 141 Å². The van der Waals surface area contributed by atoms with Gasteiger partial charge in [-0.15, -0.1) is 6.58 Å². The number of thiazole rings is 1. The largest absolute Gasteiger partial charge is 0.390 e. The number of nitrogen functional groups attached to an aromatic ring is 1. The van der Waals surface area contributed by atoms with Gasteiger partial charge in [0.1, 0.15) is 10.9 Å². The molecule has 0 radical (unpaired) electrons. The summed E-state index contributed by atoms with van der Waals surface area (Å²) in [6.07, 6.45) is 1.96. The van der Waals surface area contributed by atoms with Crippen LogP contribution in [-0.2, 0) is 4.74 Å². The number of nitrogens with zero attached hydrogens (tertiary/aromatic N) is 2. The van der Waals surface area contributed by atoms with E-state index < -0.39 is 17.9 Å². The molecule has 3 rings (SSSR count). The number of aromatic amines is 1. The first-order valence-corrected chi connectivity index (χ1v) is 8.63. The van der Waals surface area contributed by atoms with Gasteiger partial charge in [0.2, 0.25) is 5.95 Å². The zero-order valence-corrected chi connectivity index (χ0v) is 14.1. The maximum atomic E-state index is 12.5. The maximum Gasteiger partial charge on any atom is 0.311 e. The monoisotopic (exact) mass is 352 g/mol. The van der Waals surface area contributed by atoms with Gasteiger partial charge in [0, 0.05) is 5.92 Å². The van der Waals surface area contributed by atoms with E-state index in [9.17, 15) is 14.7 Å². The highest BCUT2D eigenvalue weighted by Crippen LogP contribution is 2.39. The molecule has 0 aliphatic carbocycles. The molecule has 2 aromatic heterocycles. The van der Waals surface area contributed by atoms with Crippen molar-refractivity contribution < 1.29 is 9.84 Å². The van der Waals surface area contributed by atoms with Crippen LogP contribution in [-0.4, -0.2) is 31.8 Å². The van der Waals surface area contributed by atoms with Crippen LogP contribution in [0.1, 0.15) is 32.4 Å². The van der Waals surface area contributed by atoms with Gasteiger partial charge in [-0.25, -0.2) is 0 Å². The molecule has 24 heavy (non-hydrogen) atoms. The van der Waals surface area contributed by atoms with Crippen molar-refractivity contribution in [3.63, 3.8) is 0 Å². The number of aliphatic hydroxyl groups is 1. The fraction of sp³-hybridized carbons (Fsp3) is 0.533. The van der Waals surface area contributed by atoms with Gasteiger partial charge >= 0.3 is 4.87 Å². The molecule has 130 valence electrons. The van der Waals surface area contributed by atoms with Gasteiger partial charge in [0.05, 0.1) is 12.2 Å². The molecule has 0 saturated carbocycles. The summed E-state index contributed by atoms with van der Waals surface area (Å²) >= 11 is 0.814. The second-order valence-electron chi connectivity index (χ2n) is 5.90. The molecular formula is C15H20N4O4S. The van der Waals surface area contributed by atoms with Crippen molar-refractivity contribution in [1.82, 2.24) is 14.5 Å². The van der Waals surface area contributed by atoms with Crippen LogP contribution in [0.2, 0.25) is 0 Å². The smallest absolute Gasteiger partial charge is 0.311 e. The molecule has 3 heterocycles. The van der Waals surface area contributed by atoms with E-state index in [2.05, 4.69) is 16.5 Å². The van der Waals surface area contributed by atoms with Crippen molar-refractivity contribution in [3.05, 3.63) is 32.7 Å². The fourth-order valence-electron chi connectivity index (χ4n) is 3.14. The number of nitrogens with two attached hydrogens (primary N) is 1. The van der Waals surface area contributed by atoms with Gasteiger partial charge in [-0.3, -0.25) is 19.1 Å². The Morgan fingerprint density at radius 3 is 3.04 bits per heavy atom. The van der Waals surface area contributed by atoms with Crippen molar-refractivity contribution in [3.8, 4) is 0 Å².